The van der Waals surface area contributed by atoms with Gasteiger partial charge in [0.1, 0.15) is 23.5 Å². The third-order valence-corrected chi connectivity index (χ3v) is 5.83. The Morgan fingerprint density at radius 1 is 1.30 bits per heavy atom. The van der Waals surface area contributed by atoms with Gasteiger partial charge in [-0.3, -0.25) is 4.79 Å². The van der Waals surface area contributed by atoms with E-state index in [-0.39, 0.29) is 17.8 Å². The molecular formula is C22H22FN5O2. The van der Waals surface area contributed by atoms with Crippen LogP contribution in [-0.2, 0) is 4.79 Å². The summed E-state index contributed by atoms with van der Waals surface area (Å²) in [5.41, 5.74) is 3.95. The highest BCUT2D eigenvalue weighted by molar-refractivity contribution is 5.95. The Bertz CT molecular complexity index is 1150. The summed E-state index contributed by atoms with van der Waals surface area (Å²) in [6, 6.07) is 6.35. The van der Waals surface area contributed by atoms with E-state index < -0.39 is 0 Å². The van der Waals surface area contributed by atoms with Crippen molar-refractivity contribution < 1.29 is 13.9 Å². The predicted octanol–water partition coefficient (Wildman–Crippen LogP) is 2.75. The molecule has 2 aliphatic rings. The zero-order valence-corrected chi connectivity index (χ0v) is 16.6. The molecule has 1 unspecified atom stereocenters. The van der Waals surface area contributed by atoms with E-state index in [9.17, 15) is 9.18 Å². The van der Waals surface area contributed by atoms with Crippen LogP contribution in [0.25, 0.3) is 27.9 Å². The number of rotatable bonds is 4. The fourth-order valence-electron chi connectivity index (χ4n) is 4.03. The second kappa shape index (κ2) is 7.53. The lowest BCUT2D eigenvalue weighted by Crippen LogP contribution is -2.55. The van der Waals surface area contributed by atoms with Crippen molar-refractivity contribution in [2.75, 3.05) is 26.7 Å². The second-order valence-corrected chi connectivity index (χ2v) is 7.57. The van der Waals surface area contributed by atoms with Gasteiger partial charge in [-0.1, -0.05) is 6.08 Å². The first kappa shape index (κ1) is 18.7. The number of fused-ring (bicyclic) bond motifs is 1. The van der Waals surface area contributed by atoms with E-state index >= 15 is 0 Å². The molecule has 154 valence electrons. The molecule has 0 radical (unpaired) electrons. The van der Waals surface area contributed by atoms with E-state index in [0.717, 1.165) is 36.0 Å². The molecule has 1 aromatic carbocycles. The Labute approximate surface area is 173 Å². The monoisotopic (exact) mass is 407 g/mol. The number of benzene rings is 1. The topological polar surface area (TPSA) is 83.1 Å². The second-order valence-electron chi connectivity index (χ2n) is 7.57. The van der Waals surface area contributed by atoms with Gasteiger partial charge in [0.15, 0.2) is 0 Å². The number of amides is 1. The van der Waals surface area contributed by atoms with Gasteiger partial charge < -0.3 is 19.9 Å². The van der Waals surface area contributed by atoms with E-state index in [1.54, 1.807) is 13.2 Å². The van der Waals surface area contributed by atoms with Crippen LogP contribution in [-0.4, -0.2) is 58.5 Å². The van der Waals surface area contributed by atoms with Crippen molar-refractivity contribution >= 4 is 22.5 Å². The predicted molar refractivity (Wildman–Crippen MR) is 111 cm³/mol. The third-order valence-electron chi connectivity index (χ3n) is 5.83. The van der Waals surface area contributed by atoms with Crippen molar-refractivity contribution in [3.8, 4) is 17.0 Å². The number of aromatic amines is 1. The van der Waals surface area contributed by atoms with Crippen LogP contribution >= 0.6 is 0 Å². The molecule has 2 aromatic heterocycles. The van der Waals surface area contributed by atoms with E-state index in [2.05, 4.69) is 26.3 Å². The van der Waals surface area contributed by atoms with Crippen LogP contribution in [0.2, 0.25) is 0 Å². The first-order valence-corrected chi connectivity index (χ1v) is 10.0. The highest BCUT2D eigenvalue weighted by Crippen LogP contribution is 2.35. The molecule has 0 saturated carbocycles. The molecule has 8 heteroatoms. The van der Waals surface area contributed by atoms with Gasteiger partial charge >= 0.3 is 0 Å². The number of nitrogens with zero attached hydrogens (tertiary/aromatic N) is 3. The van der Waals surface area contributed by atoms with Crippen LogP contribution < -0.4 is 10.1 Å². The molecular weight excluding hydrogens is 385 g/mol. The SMILES string of the molecule is COc1ccc(F)cc1-c1ncnc2[nH]c(C3=CCN(C(=O)C4CCN4)CC3)cc12. The fraction of sp³-hybridized carbons (Fsp3) is 0.318. The average molecular weight is 407 g/mol. The minimum absolute atomic E-state index is 0.0212. The number of methoxy groups -OCH3 is 1. The minimum Gasteiger partial charge on any atom is -0.496 e. The maximum atomic E-state index is 13.9. The number of H-pyrrole nitrogens is 1. The highest BCUT2D eigenvalue weighted by Gasteiger charge is 2.30. The van der Waals surface area contributed by atoms with Crippen LogP contribution in [0.1, 0.15) is 18.5 Å². The maximum Gasteiger partial charge on any atom is 0.240 e. The lowest BCUT2D eigenvalue weighted by molar-refractivity contribution is -0.134. The maximum absolute atomic E-state index is 13.9. The van der Waals surface area contributed by atoms with Crippen molar-refractivity contribution in [2.45, 2.75) is 18.9 Å². The average Bonchev–Trinajstić information content (AvgIpc) is 3.17. The van der Waals surface area contributed by atoms with E-state index in [1.165, 1.54) is 18.5 Å². The number of carbonyl (C=O) groups is 1. The van der Waals surface area contributed by atoms with Crippen LogP contribution in [0.5, 0.6) is 5.75 Å². The summed E-state index contributed by atoms with van der Waals surface area (Å²) >= 11 is 0. The first-order valence-electron chi connectivity index (χ1n) is 10.0. The van der Waals surface area contributed by atoms with E-state index in [0.29, 0.717) is 35.7 Å². The number of nitrogens with one attached hydrogen (secondary N) is 2. The molecule has 1 saturated heterocycles. The lowest BCUT2D eigenvalue weighted by Gasteiger charge is -2.34. The van der Waals surface area contributed by atoms with Crippen molar-refractivity contribution in [3.05, 3.63) is 48.2 Å². The van der Waals surface area contributed by atoms with Gasteiger partial charge in [0.2, 0.25) is 5.91 Å². The smallest absolute Gasteiger partial charge is 0.240 e. The zero-order chi connectivity index (χ0) is 20.7. The lowest BCUT2D eigenvalue weighted by atomic mass is 10.0. The van der Waals surface area contributed by atoms with Crippen LogP contribution in [0.15, 0.2) is 36.7 Å². The van der Waals surface area contributed by atoms with Gasteiger partial charge in [-0.25, -0.2) is 14.4 Å². The number of hydrogen-bond donors (Lipinski definition) is 2. The van der Waals surface area contributed by atoms with Gasteiger partial charge in [0.05, 0.1) is 18.8 Å². The standard InChI is InChI=1S/C22H22FN5O2/c1-30-19-3-2-14(23)10-15(19)20-16-11-18(27-21(16)26-12-25-20)13-5-8-28(9-6-13)22(29)17-4-7-24-17/h2-3,5,10-12,17,24H,4,6-9H2,1H3,(H,25,26,27). The van der Waals surface area contributed by atoms with Crippen molar-refractivity contribution in [3.63, 3.8) is 0 Å². The quantitative estimate of drug-likeness (QED) is 0.695. The normalized spacial score (nSPS) is 18.8. The summed E-state index contributed by atoms with van der Waals surface area (Å²) < 4.78 is 19.3. The molecule has 1 atom stereocenters. The molecule has 7 nitrogen and oxygen atoms in total. The summed E-state index contributed by atoms with van der Waals surface area (Å²) in [5.74, 6) is 0.378. The van der Waals surface area contributed by atoms with Crippen molar-refractivity contribution in [2.24, 2.45) is 0 Å². The highest BCUT2D eigenvalue weighted by atomic mass is 19.1. The minimum atomic E-state index is -0.353. The molecule has 5 rings (SSSR count). The van der Waals surface area contributed by atoms with E-state index in [1.807, 2.05) is 11.0 Å². The Kier molecular flexibility index (Phi) is 4.71. The Balaban J connectivity index is 1.47. The van der Waals surface area contributed by atoms with Gasteiger partial charge in [0.25, 0.3) is 0 Å². The summed E-state index contributed by atoms with van der Waals surface area (Å²) in [6.45, 7) is 2.20. The molecule has 30 heavy (non-hydrogen) atoms. The number of aromatic nitrogens is 3. The van der Waals surface area contributed by atoms with Crippen LogP contribution in [0.4, 0.5) is 4.39 Å². The number of ether oxygens (including phenoxy) is 1. The van der Waals surface area contributed by atoms with Crippen molar-refractivity contribution in [1.29, 1.82) is 0 Å². The molecule has 2 N–H and O–H groups in total. The molecule has 1 fully saturated rings. The number of carbonyl (C=O) groups excluding carboxylic acids is 1. The first-order chi connectivity index (χ1) is 14.6. The largest absolute Gasteiger partial charge is 0.496 e. The van der Waals surface area contributed by atoms with Gasteiger partial charge in [0, 0.05) is 29.7 Å². The van der Waals surface area contributed by atoms with E-state index in [4.69, 9.17) is 4.74 Å². The fourth-order valence-corrected chi connectivity index (χ4v) is 4.03. The molecule has 0 spiro atoms. The number of halogens is 1. The molecule has 3 aromatic rings. The summed E-state index contributed by atoms with van der Waals surface area (Å²) in [5, 5.41) is 3.97. The summed E-state index contributed by atoms with van der Waals surface area (Å²) in [7, 11) is 1.55. The number of hydrogen-bond acceptors (Lipinski definition) is 5. The summed E-state index contributed by atoms with van der Waals surface area (Å²) in [6.07, 6.45) is 5.22. The van der Waals surface area contributed by atoms with Gasteiger partial charge in [-0.15, -0.1) is 0 Å². The van der Waals surface area contributed by atoms with Gasteiger partial charge in [-0.2, -0.15) is 0 Å². The van der Waals surface area contributed by atoms with Crippen LogP contribution in [0.3, 0.4) is 0 Å². The molecule has 4 heterocycles. The molecule has 0 bridgehead atoms. The van der Waals surface area contributed by atoms with Gasteiger partial charge in [-0.05, 0) is 49.2 Å². The Morgan fingerprint density at radius 2 is 2.17 bits per heavy atom. The third kappa shape index (κ3) is 3.23. The summed E-state index contributed by atoms with van der Waals surface area (Å²) in [4.78, 5) is 26.4. The molecule has 1 amide bonds. The molecule has 0 aliphatic carbocycles. The molecule has 2 aliphatic heterocycles. The Morgan fingerprint density at radius 3 is 2.87 bits per heavy atom. The van der Waals surface area contributed by atoms with Crippen molar-refractivity contribution in [1.82, 2.24) is 25.2 Å². The zero-order valence-electron chi connectivity index (χ0n) is 16.6. The Hall–Kier alpha value is -3.26. The van der Waals surface area contributed by atoms with Crippen LogP contribution in [0, 0.1) is 5.82 Å².